The Hall–Kier alpha value is -1.20. The van der Waals surface area contributed by atoms with Gasteiger partial charge in [0, 0.05) is 11.3 Å². The van der Waals surface area contributed by atoms with Crippen LogP contribution in [0.1, 0.15) is 25.7 Å². The number of allylic oxidation sites excluding steroid dienone is 2. The van der Waals surface area contributed by atoms with Crippen molar-refractivity contribution in [2.24, 2.45) is 0 Å². The van der Waals surface area contributed by atoms with Crippen LogP contribution in [0.4, 0.5) is 0 Å². The molecule has 1 rings (SSSR count). The summed E-state index contributed by atoms with van der Waals surface area (Å²) < 4.78 is 10.1. The highest BCUT2D eigenvalue weighted by molar-refractivity contribution is 4.93. The van der Waals surface area contributed by atoms with Crippen molar-refractivity contribution < 1.29 is 14.4 Å². The monoisotopic (exact) mass is 241 g/mol. The van der Waals surface area contributed by atoms with Gasteiger partial charge >= 0.3 is 0 Å². The lowest BCUT2D eigenvalue weighted by Crippen LogP contribution is -2.50. The van der Waals surface area contributed by atoms with E-state index >= 15 is 0 Å². The third-order valence-corrected chi connectivity index (χ3v) is 2.74. The van der Waals surface area contributed by atoms with E-state index in [2.05, 4.69) is 6.58 Å². The molecule has 5 heteroatoms. The summed E-state index contributed by atoms with van der Waals surface area (Å²) in [7, 11) is 0. The maximum absolute atomic E-state index is 11.0. The van der Waals surface area contributed by atoms with Gasteiger partial charge in [-0.15, -0.1) is 6.58 Å². The Morgan fingerprint density at radius 3 is 2.59 bits per heavy atom. The Bertz CT molecular complexity index is 282. The molecule has 1 fully saturated rings. The summed E-state index contributed by atoms with van der Waals surface area (Å²) in [5, 5.41) is 11.0. The van der Waals surface area contributed by atoms with Gasteiger partial charge < -0.3 is 9.47 Å². The molecule has 96 valence electrons. The van der Waals surface area contributed by atoms with Gasteiger partial charge in [0.25, 0.3) is 5.54 Å². The lowest BCUT2D eigenvalue weighted by atomic mass is 9.97. The second-order valence-corrected chi connectivity index (χ2v) is 4.19. The van der Waals surface area contributed by atoms with Crippen LogP contribution < -0.4 is 0 Å². The Labute approximate surface area is 101 Å². The summed E-state index contributed by atoms with van der Waals surface area (Å²) >= 11 is 0. The van der Waals surface area contributed by atoms with Crippen LogP contribution in [0, 0.1) is 10.1 Å². The first kappa shape index (κ1) is 13.9. The predicted molar refractivity (Wildman–Crippen MR) is 64.3 cm³/mol. The maximum Gasteiger partial charge on any atom is 0.271 e. The number of hydrogen-bond donors (Lipinski definition) is 0. The third-order valence-electron chi connectivity index (χ3n) is 2.74. The molecule has 0 saturated carbocycles. The highest BCUT2D eigenvalue weighted by Crippen LogP contribution is 2.21. The molecule has 1 saturated heterocycles. The Balaban J connectivity index is 2.39. The van der Waals surface area contributed by atoms with Crippen molar-refractivity contribution in [2.45, 2.75) is 31.2 Å². The normalized spacial score (nSPS) is 19.3. The largest absolute Gasteiger partial charge is 0.348 e. The van der Waals surface area contributed by atoms with Crippen LogP contribution in [0.3, 0.4) is 0 Å². The summed E-state index contributed by atoms with van der Waals surface area (Å²) in [6, 6.07) is 0. The molecule has 5 nitrogen and oxygen atoms in total. The maximum atomic E-state index is 11.0. The zero-order chi connectivity index (χ0) is 12.6. The van der Waals surface area contributed by atoms with Gasteiger partial charge in [0.15, 0.2) is 0 Å². The predicted octanol–water partition coefficient (Wildman–Crippen LogP) is 2.31. The molecular formula is C12H19NO4. The summed E-state index contributed by atoms with van der Waals surface area (Å²) in [5.74, 6) is 0. The lowest BCUT2D eigenvalue weighted by molar-refractivity contribution is -0.586. The van der Waals surface area contributed by atoms with Crippen molar-refractivity contribution in [1.29, 1.82) is 0 Å². The topological polar surface area (TPSA) is 61.6 Å². The van der Waals surface area contributed by atoms with Gasteiger partial charge in [-0.25, -0.2) is 0 Å². The van der Waals surface area contributed by atoms with Crippen LogP contribution in [0.15, 0.2) is 24.8 Å². The molecule has 1 heterocycles. The molecule has 0 amide bonds. The highest BCUT2D eigenvalue weighted by Gasteiger charge is 2.44. The van der Waals surface area contributed by atoms with E-state index in [0.29, 0.717) is 6.42 Å². The Morgan fingerprint density at radius 1 is 1.29 bits per heavy atom. The fourth-order valence-electron chi connectivity index (χ4n) is 1.66. The molecule has 0 spiro atoms. The average Bonchev–Trinajstić information content (AvgIpc) is 2.34. The van der Waals surface area contributed by atoms with Crippen molar-refractivity contribution >= 4 is 0 Å². The van der Waals surface area contributed by atoms with Crippen LogP contribution in [-0.2, 0) is 9.47 Å². The number of nitrogens with zero attached hydrogens (tertiary/aromatic N) is 1. The molecule has 17 heavy (non-hydrogen) atoms. The fourth-order valence-corrected chi connectivity index (χ4v) is 1.66. The minimum absolute atomic E-state index is 0.122. The van der Waals surface area contributed by atoms with Crippen LogP contribution in [-0.4, -0.2) is 30.5 Å². The van der Waals surface area contributed by atoms with Gasteiger partial charge in [0.05, 0.1) is 0 Å². The smallest absolute Gasteiger partial charge is 0.271 e. The third kappa shape index (κ3) is 4.28. The molecule has 0 aromatic carbocycles. The Morgan fingerprint density at radius 2 is 2.00 bits per heavy atom. The van der Waals surface area contributed by atoms with Crippen molar-refractivity contribution in [3.63, 3.8) is 0 Å². The molecule has 1 aliphatic rings. The van der Waals surface area contributed by atoms with E-state index in [1.807, 2.05) is 18.2 Å². The van der Waals surface area contributed by atoms with Crippen LogP contribution in [0.25, 0.3) is 0 Å². The number of nitro groups is 1. The van der Waals surface area contributed by atoms with Gasteiger partial charge in [-0.05, 0) is 19.3 Å². The molecule has 0 atom stereocenters. The number of unbranched alkanes of at least 4 members (excludes halogenated alkanes) is 2. The zero-order valence-corrected chi connectivity index (χ0v) is 9.97. The van der Waals surface area contributed by atoms with E-state index in [4.69, 9.17) is 9.47 Å². The van der Waals surface area contributed by atoms with Gasteiger partial charge in [-0.3, -0.25) is 10.1 Å². The van der Waals surface area contributed by atoms with E-state index in [1.165, 1.54) is 0 Å². The second-order valence-electron chi connectivity index (χ2n) is 4.19. The fraction of sp³-hybridized carbons (Fsp3) is 0.667. The first-order valence-electron chi connectivity index (χ1n) is 5.77. The zero-order valence-electron chi connectivity index (χ0n) is 9.97. The van der Waals surface area contributed by atoms with E-state index in [1.54, 1.807) is 0 Å². The first-order valence-corrected chi connectivity index (χ1v) is 5.77. The summed E-state index contributed by atoms with van der Waals surface area (Å²) in [6.45, 7) is 4.04. The minimum Gasteiger partial charge on any atom is -0.348 e. The van der Waals surface area contributed by atoms with Crippen molar-refractivity contribution in [3.05, 3.63) is 34.9 Å². The minimum atomic E-state index is -1.10. The van der Waals surface area contributed by atoms with Gasteiger partial charge in [-0.1, -0.05) is 18.2 Å². The first-order chi connectivity index (χ1) is 8.21. The highest BCUT2D eigenvalue weighted by atomic mass is 16.7. The number of rotatable bonds is 7. The Kier molecular flexibility index (Phi) is 5.86. The molecule has 0 aromatic rings. The van der Waals surface area contributed by atoms with Crippen molar-refractivity contribution in [3.8, 4) is 0 Å². The molecule has 0 aliphatic carbocycles. The standard InChI is InChI=1S/C12H19NO4/c1-2-3-4-5-6-7-8-12(13(14)15)9-16-11-17-10-12/h2,6-7H,1,3-5,8-11H2/b7-6+. The van der Waals surface area contributed by atoms with Crippen molar-refractivity contribution in [2.75, 3.05) is 20.0 Å². The van der Waals surface area contributed by atoms with E-state index in [0.717, 1.165) is 19.3 Å². The molecule has 0 radical (unpaired) electrons. The van der Waals surface area contributed by atoms with Crippen molar-refractivity contribution in [1.82, 2.24) is 0 Å². The van der Waals surface area contributed by atoms with Crippen LogP contribution in [0.5, 0.6) is 0 Å². The quantitative estimate of drug-likeness (QED) is 0.297. The SMILES string of the molecule is C=CCCC/C=C/CC1([N+](=O)[O-])COCOC1. The summed E-state index contributed by atoms with van der Waals surface area (Å²) in [5.41, 5.74) is -1.10. The molecular weight excluding hydrogens is 222 g/mol. The molecule has 0 aromatic heterocycles. The molecule has 1 aliphatic heterocycles. The number of hydrogen-bond acceptors (Lipinski definition) is 4. The van der Waals surface area contributed by atoms with E-state index < -0.39 is 5.54 Å². The number of ether oxygens (including phenoxy) is 2. The molecule has 0 unspecified atom stereocenters. The molecule has 0 N–H and O–H groups in total. The van der Waals surface area contributed by atoms with E-state index in [-0.39, 0.29) is 24.9 Å². The van der Waals surface area contributed by atoms with Gasteiger partial charge in [0.2, 0.25) is 0 Å². The van der Waals surface area contributed by atoms with Crippen LogP contribution in [0.2, 0.25) is 0 Å². The van der Waals surface area contributed by atoms with Crippen LogP contribution >= 0.6 is 0 Å². The molecule has 0 bridgehead atoms. The summed E-state index contributed by atoms with van der Waals surface area (Å²) in [4.78, 5) is 10.7. The average molecular weight is 241 g/mol. The van der Waals surface area contributed by atoms with E-state index in [9.17, 15) is 10.1 Å². The second kappa shape index (κ2) is 7.19. The summed E-state index contributed by atoms with van der Waals surface area (Å²) in [6.07, 6.45) is 8.97. The van der Waals surface area contributed by atoms with Gasteiger partial charge in [0.1, 0.15) is 20.0 Å². The van der Waals surface area contributed by atoms with Gasteiger partial charge in [-0.2, -0.15) is 0 Å². The lowest BCUT2D eigenvalue weighted by Gasteiger charge is -2.27.